The summed E-state index contributed by atoms with van der Waals surface area (Å²) in [5.74, 6) is -1.56. The Labute approximate surface area is 209 Å². The van der Waals surface area contributed by atoms with Crippen molar-refractivity contribution >= 4 is 35.3 Å². The molecule has 2 aromatic carbocycles. The molecule has 1 atom stereocenters. The van der Waals surface area contributed by atoms with E-state index >= 15 is 0 Å². The summed E-state index contributed by atoms with van der Waals surface area (Å²) in [6.07, 6.45) is 1.69. The fourth-order valence-electron chi connectivity index (χ4n) is 3.91. The molecule has 184 valence electrons. The van der Waals surface area contributed by atoms with Gasteiger partial charge in [-0.05, 0) is 48.4 Å². The second kappa shape index (κ2) is 10.1. The van der Waals surface area contributed by atoms with Crippen LogP contribution < -0.4 is 14.9 Å². The Kier molecular flexibility index (Phi) is 6.98. The number of benzene rings is 2. The standard InChI is InChI=1S/C26H22N2O7S/c1-14-20(25(32)35-4)21(16-9-11-18(12-10-16)24(31)34-3)28-22(29)19(36-26(28)27-14)13-15-5-7-17(8-6-15)23(30)33-2/h5-13,21H,1-4H3. The fraction of sp³-hybridized carbons (Fsp3) is 0.192. The molecule has 9 nitrogen and oxygen atoms in total. The highest BCUT2D eigenvalue weighted by molar-refractivity contribution is 7.07. The number of methoxy groups -OCH3 is 3. The number of allylic oxidation sites excluding steroid dienone is 1. The third kappa shape index (κ3) is 4.50. The Bertz CT molecular complexity index is 1560. The molecular weight excluding hydrogens is 484 g/mol. The van der Waals surface area contributed by atoms with Crippen molar-refractivity contribution in [2.24, 2.45) is 4.99 Å². The van der Waals surface area contributed by atoms with Crippen molar-refractivity contribution < 1.29 is 28.6 Å². The molecule has 3 aromatic rings. The quantitative estimate of drug-likeness (QED) is 0.384. The molecule has 4 rings (SSSR count). The average molecular weight is 507 g/mol. The van der Waals surface area contributed by atoms with Gasteiger partial charge in [-0.2, -0.15) is 0 Å². The number of thiazole rings is 1. The van der Waals surface area contributed by atoms with Crippen LogP contribution in [0.15, 0.2) is 69.6 Å². The maximum absolute atomic E-state index is 13.6. The summed E-state index contributed by atoms with van der Waals surface area (Å²) < 4.78 is 16.3. The van der Waals surface area contributed by atoms with E-state index in [-0.39, 0.29) is 11.1 Å². The van der Waals surface area contributed by atoms with Gasteiger partial charge in [-0.1, -0.05) is 35.6 Å². The van der Waals surface area contributed by atoms with Gasteiger partial charge in [0.15, 0.2) is 4.80 Å². The smallest absolute Gasteiger partial charge is 0.338 e. The number of carbonyl (C=O) groups is 3. The van der Waals surface area contributed by atoms with Crippen LogP contribution in [-0.2, 0) is 19.0 Å². The SMILES string of the molecule is COC(=O)C1=C(C)N=c2sc(=Cc3ccc(C(=O)OC)cc3)c(=O)n2C1c1ccc(C(=O)OC)cc1. The molecule has 36 heavy (non-hydrogen) atoms. The third-order valence-corrected chi connectivity index (χ3v) is 6.69. The lowest BCUT2D eigenvalue weighted by Crippen LogP contribution is -2.39. The van der Waals surface area contributed by atoms with Crippen LogP contribution in [0.3, 0.4) is 0 Å². The van der Waals surface area contributed by atoms with Crippen molar-refractivity contribution in [3.8, 4) is 0 Å². The first kappa shape index (κ1) is 24.8. The van der Waals surface area contributed by atoms with Crippen LogP contribution >= 0.6 is 11.3 Å². The topological polar surface area (TPSA) is 113 Å². The van der Waals surface area contributed by atoms with E-state index in [9.17, 15) is 19.2 Å². The van der Waals surface area contributed by atoms with E-state index in [1.165, 1.54) is 37.2 Å². The lowest BCUT2D eigenvalue weighted by molar-refractivity contribution is -0.136. The first-order valence-corrected chi connectivity index (χ1v) is 11.6. The maximum atomic E-state index is 13.6. The summed E-state index contributed by atoms with van der Waals surface area (Å²) in [4.78, 5) is 54.8. The minimum Gasteiger partial charge on any atom is -0.466 e. The molecule has 0 aliphatic carbocycles. The first-order chi connectivity index (χ1) is 17.3. The van der Waals surface area contributed by atoms with Crippen molar-refractivity contribution in [1.82, 2.24) is 4.57 Å². The predicted octanol–water partition coefficient (Wildman–Crippen LogP) is 1.98. The zero-order chi connectivity index (χ0) is 26.0. The van der Waals surface area contributed by atoms with Crippen LogP contribution in [0.4, 0.5) is 0 Å². The van der Waals surface area contributed by atoms with Gasteiger partial charge in [-0.15, -0.1) is 0 Å². The second-order valence-corrected chi connectivity index (χ2v) is 8.81. The lowest BCUT2D eigenvalue weighted by Gasteiger charge is -2.24. The van der Waals surface area contributed by atoms with Gasteiger partial charge in [0.2, 0.25) is 0 Å². The number of carbonyl (C=O) groups excluding carboxylic acids is 3. The molecule has 0 N–H and O–H groups in total. The minimum atomic E-state index is -0.802. The van der Waals surface area contributed by atoms with E-state index in [1.54, 1.807) is 61.5 Å². The summed E-state index contributed by atoms with van der Waals surface area (Å²) in [5.41, 5.74) is 2.35. The number of hydrogen-bond donors (Lipinski definition) is 0. The largest absolute Gasteiger partial charge is 0.466 e. The molecule has 1 unspecified atom stereocenters. The van der Waals surface area contributed by atoms with Gasteiger partial charge in [-0.3, -0.25) is 9.36 Å². The lowest BCUT2D eigenvalue weighted by atomic mass is 9.95. The normalized spacial score (nSPS) is 15.1. The molecular formula is C26H22N2O7S. The molecule has 0 fully saturated rings. The number of esters is 3. The molecule has 1 aliphatic rings. The van der Waals surface area contributed by atoms with E-state index in [0.717, 1.165) is 0 Å². The van der Waals surface area contributed by atoms with E-state index in [2.05, 4.69) is 4.99 Å². The number of nitrogens with zero attached hydrogens (tertiary/aromatic N) is 2. The summed E-state index contributed by atoms with van der Waals surface area (Å²) in [6, 6.07) is 12.3. The van der Waals surface area contributed by atoms with Crippen molar-refractivity contribution in [3.63, 3.8) is 0 Å². The highest BCUT2D eigenvalue weighted by Crippen LogP contribution is 2.30. The Morgan fingerprint density at radius 1 is 0.861 bits per heavy atom. The third-order valence-electron chi connectivity index (χ3n) is 5.70. The van der Waals surface area contributed by atoms with E-state index in [1.807, 2.05) is 0 Å². The van der Waals surface area contributed by atoms with E-state index in [0.29, 0.717) is 37.3 Å². The maximum Gasteiger partial charge on any atom is 0.338 e. The van der Waals surface area contributed by atoms with Crippen LogP contribution in [0.2, 0.25) is 0 Å². The van der Waals surface area contributed by atoms with Crippen LogP contribution in [0.25, 0.3) is 6.08 Å². The van der Waals surface area contributed by atoms with Crippen LogP contribution in [0, 0.1) is 0 Å². The fourth-order valence-corrected chi connectivity index (χ4v) is 4.96. The number of aromatic nitrogens is 1. The summed E-state index contributed by atoms with van der Waals surface area (Å²) in [5, 5.41) is 0. The molecule has 0 saturated heterocycles. The Hall–Kier alpha value is -4.31. The van der Waals surface area contributed by atoms with Crippen molar-refractivity contribution in [3.05, 3.63) is 102 Å². The van der Waals surface area contributed by atoms with E-state index < -0.39 is 23.9 Å². The van der Waals surface area contributed by atoms with Crippen LogP contribution in [0.5, 0.6) is 0 Å². The molecule has 0 bridgehead atoms. The summed E-state index contributed by atoms with van der Waals surface area (Å²) >= 11 is 1.18. The second-order valence-electron chi connectivity index (χ2n) is 7.80. The number of rotatable bonds is 5. The zero-order valence-electron chi connectivity index (χ0n) is 19.9. The molecule has 0 saturated carbocycles. The summed E-state index contributed by atoms with van der Waals surface area (Å²) in [7, 11) is 3.86. The predicted molar refractivity (Wildman–Crippen MR) is 131 cm³/mol. The monoisotopic (exact) mass is 506 g/mol. The van der Waals surface area contributed by atoms with Crippen LogP contribution in [-0.4, -0.2) is 43.8 Å². The van der Waals surface area contributed by atoms with Gasteiger partial charge in [0.1, 0.15) is 0 Å². The van der Waals surface area contributed by atoms with Gasteiger partial charge in [0, 0.05) is 0 Å². The van der Waals surface area contributed by atoms with Gasteiger partial charge >= 0.3 is 17.9 Å². The summed E-state index contributed by atoms with van der Waals surface area (Å²) in [6.45, 7) is 1.69. The van der Waals surface area contributed by atoms with Crippen molar-refractivity contribution in [1.29, 1.82) is 0 Å². The van der Waals surface area contributed by atoms with Crippen molar-refractivity contribution in [2.75, 3.05) is 21.3 Å². The number of fused-ring (bicyclic) bond motifs is 1. The first-order valence-electron chi connectivity index (χ1n) is 10.8. The average Bonchev–Trinajstić information content (AvgIpc) is 3.21. The molecule has 2 heterocycles. The van der Waals surface area contributed by atoms with Crippen LogP contribution in [0.1, 0.15) is 44.8 Å². The minimum absolute atomic E-state index is 0.227. The Balaban J connectivity index is 1.86. The Morgan fingerprint density at radius 2 is 1.39 bits per heavy atom. The highest BCUT2D eigenvalue weighted by atomic mass is 32.1. The zero-order valence-corrected chi connectivity index (χ0v) is 20.8. The molecule has 1 aromatic heterocycles. The highest BCUT2D eigenvalue weighted by Gasteiger charge is 2.33. The van der Waals surface area contributed by atoms with Gasteiger partial charge < -0.3 is 14.2 Å². The van der Waals surface area contributed by atoms with Gasteiger partial charge in [0.05, 0.1) is 54.3 Å². The van der Waals surface area contributed by atoms with Gasteiger partial charge in [0.25, 0.3) is 5.56 Å². The molecule has 0 radical (unpaired) electrons. The molecule has 1 aliphatic heterocycles. The molecule has 0 spiro atoms. The Morgan fingerprint density at radius 3 is 1.92 bits per heavy atom. The molecule has 0 amide bonds. The van der Waals surface area contributed by atoms with Gasteiger partial charge in [-0.25, -0.2) is 19.4 Å². The molecule has 10 heteroatoms. The number of ether oxygens (including phenoxy) is 3. The number of hydrogen-bond acceptors (Lipinski definition) is 9. The van der Waals surface area contributed by atoms with E-state index in [4.69, 9.17) is 14.2 Å². The van der Waals surface area contributed by atoms with Crippen molar-refractivity contribution in [2.45, 2.75) is 13.0 Å².